The minimum absolute atomic E-state index is 0.384. The van der Waals surface area contributed by atoms with E-state index in [1.165, 1.54) is 0 Å². The quantitative estimate of drug-likeness (QED) is 0.608. The van der Waals surface area contributed by atoms with E-state index in [2.05, 4.69) is 24.1 Å². The molecule has 1 atom stereocenters. The fourth-order valence-electron chi connectivity index (χ4n) is 2.09. The molecule has 1 unspecified atom stereocenters. The third kappa shape index (κ3) is 2.82. The highest BCUT2D eigenvalue weighted by atomic mass is 16.5. The number of rotatable bonds is 4. The Kier molecular flexibility index (Phi) is 4.08. The van der Waals surface area contributed by atoms with Crippen molar-refractivity contribution in [2.24, 2.45) is 0 Å². The van der Waals surface area contributed by atoms with Gasteiger partial charge in [0.15, 0.2) is 6.04 Å². The molecule has 1 fully saturated rings. The SMILES string of the molecule is C=C/C(C)=C\C1=C(CC)COC(C2NC(=O)NC2=O)=C1. The minimum Gasteiger partial charge on any atom is -0.491 e. The number of urea groups is 1. The van der Waals surface area contributed by atoms with E-state index in [-0.39, 0.29) is 5.91 Å². The molecule has 0 bridgehead atoms. The van der Waals surface area contributed by atoms with Crippen LogP contribution in [0.1, 0.15) is 20.3 Å². The van der Waals surface area contributed by atoms with Gasteiger partial charge in [0, 0.05) is 0 Å². The second-order valence-corrected chi connectivity index (χ2v) is 4.74. The standard InChI is InChI=1S/C15H18N2O3/c1-4-9(3)6-11-7-12(20-8-10(11)5-2)13-14(18)17-15(19)16-13/h4,6-7,13H,1,5,8H2,2-3H3,(H2,16,17,18,19)/b9-6-. The molecular weight excluding hydrogens is 256 g/mol. The summed E-state index contributed by atoms with van der Waals surface area (Å²) in [7, 11) is 0. The Morgan fingerprint density at radius 3 is 2.85 bits per heavy atom. The van der Waals surface area contributed by atoms with E-state index in [0.717, 1.165) is 23.1 Å². The predicted octanol–water partition coefficient (Wildman–Crippen LogP) is 1.95. The van der Waals surface area contributed by atoms with E-state index in [1.807, 2.05) is 19.1 Å². The fraction of sp³-hybridized carbons (Fsp3) is 0.333. The van der Waals surface area contributed by atoms with Crippen LogP contribution in [-0.2, 0) is 9.53 Å². The second kappa shape index (κ2) is 5.77. The number of amides is 3. The molecule has 0 radical (unpaired) electrons. The number of hydrogen-bond acceptors (Lipinski definition) is 3. The average Bonchev–Trinajstić information content (AvgIpc) is 2.77. The Morgan fingerprint density at radius 2 is 2.30 bits per heavy atom. The highest BCUT2D eigenvalue weighted by Crippen LogP contribution is 2.24. The van der Waals surface area contributed by atoms with Crippen LogP contribution < -0.4 is 10.6 Å². The van der Waals surface area contributed by atoms with Crippen LogP contribution in [0.3, 0.4) is 0 Å². The number of ether oxygens (including phenoxy) is 1. The van der Waals surface area contributed by atoms with Gasteiger partial charge >= 0.3 is 6.03 Å². The molecule has 0 aliphatic carbocycles. The first-order valence-corrected chi connectivity index (χ1v) is 6.53. The van der Waals surface area contributed by atoms with E-state index in [0.29, 0.717) is 12.4 Å². The number of nitrogens with one attached hydrogen (secondary N) is 2. The third-order valence-electron chi connectivity index (χ3n) is 3.31. The lowest BCUT2D eigenvalue weighted by Gasteiger charge is -2.22. The van der Waals surface area contributed by atoms with Crippen LogP contribution in [0.4, 0.5) is 4.79 Å². The summed E-state index contributed by atoms with van der Waals surface area (Å²) in [4.78, 5) is 22.8. The molecule has 0 spiro atoms. The number of imide groups is 1. The first-order valence-electron chi connectivity index (χ1n) is 6.53. The molecule has 3 amide bonds. The fourth-order valence-corrected chi connectivity index (χ4v) is 2.09. The topological polar surface area (TPSA) is 67.4 Å². The maximum Gasteiger partial charge on any atom is 0.322 e. The zero-order valence-corrected chi connectivity index (χ0v) is 11.7. The molecule has 20 heavy (non-hydrogen) atoms. The van der Waals surface area contributed by atoms with Gasteiger partial charge in [-0.15, -0.1) is 0 Å². The monoisotopic (exact) mass is 274 g/mol. The largest absolute Gasteiger partial charge is 0.491 e. The first-order chi connectivity index (χ1) is 9.55. The van der Waals surface area contributed by atoms with Crippen molar-refractivity contribution >= 4 is 11.9 Å². The van der Waals surface area contributed by atoms with Crippen LogP contribution in [-0.4, -0.2) is 24.6 Å². The van der Waals surface area contributed by atoms with Crippen molar-refractivity contribution in [2.45, 2.75) is 26.3 Å². The van der Waals surface area contributed by atoms with E-state index in [9.17, 15) is 9.59 Å². The molecule has 2 N–H and O–H groups in total. The number of allylic oxidation sites excluding steroid dienone is 5. The van der Waals surface area contributed by atoms with Gasteiger partial charge in [-0.05, 0) is 30.6 Å². The van der Waals surface area contributed by atoms with Gasteiger partial charge in [-0.3, -0.25) is 10.1 Å². The van der Waals surface area contributed by atoms with Crippen LogP contribution in [0.15, 0.2) is 47.3 Å². The summed E-state index contributed by atoms with van der Waals surface area (Å²) in [5.74, 6) is 0.0821. The van der Waals surface area contributed by atoms with Gasteiger partial charge < -0.3 is 10.1 Å². The molecule has 0 aromatic rings. The Morgan fingerprint density at radius 1 is 1.55 bits per heavy atom. The molecule has 0 aromatic carbocycles. The molecule has 2 heterocycles. The van der Waals surface area contributed by atoms with Crippen LogP contribution in [0.2, 0.25) is 0 Å². The summed E-state index contributed by atoms with van der Waals surface area (Å²) in [5.41, 5.74) is 3.20. The normalized spacial score (nSPS) is 23.0. The maximum absolute atomic E-state index is 11.7. The van der Waals surface area contributed by atoms with E-state index >= 15 is 0 Å². The van der Waals surface area contributed by atoms with Gasteiger partial charge in [0.2, 0.25) is 0 Å². The van der Waals surface area contributed by atoms with Crippen molar-refractivity contribution < 1.29 is 14.3 Å². The summed E-state index contributed by atoms with van der Waals surface area (Å²) in [6.45, 7) is 8.17. The zero-order chi connectivity index (χ0) is 14.7. The summed E-state index contributed by atoms with van der Waals surface area (Å²) in [6.07, 6.45) is 6.45. The summed E-state index contributed by atoms with van der Waals surface area (Å²) >= 11 is 0. The van der Waals surface area contributed by atoms with E-state index in [4.69, 9.17) is 4.74 Å². The second-order valence-electron chi connectivity index (χ2n) is 4.74. The Hall–Kier alpha value is -2.30. The first kappa shape index (κ1) is 14.1. The van der Waals surface area contributed by atoms with Gasteiger partial charge in [0.05, 0.1) is 0 Å². The van der Waals surface area contributed by atoms with Crippen LogP contribution >= 0.6 is 0 Å². The average molecular weight is 274 g/mol. The third-order valence-corrected chi connectivity index (χ3v) is 3.31. The van der Waals surface area contributed by atoms with Crippen LogP contribution in [0.5, 0.6) is 0 Å². The molecule has 1 saturated heterocycles. The lowest BCUT2D eigenvalue weighted by atomic mass is 9.99. The van der Waals surface area contributed by atoms with Crippen molar-refractivity contribution in [2.75, 3.05) is 6.61 Å². The molecular formula is C15H18N2O3. The smallest absolute Gasteiger partial charge is 0.322 e. The van der Waals surface area contributed by atoms with Gasteiger partial charge in [-0.2, -0.15) is 0 Å². The van der Waals surface area contributed by atoms with E-state index in [1.54, 1.807) is 6.08 Å². The lowest BCUT2D eigenvalue weighted by molar-refractivity contribution is -0.120. The van der Waals surface area contributed by atoms with Gasteiger partial charge in [-0.25, -0.2) is 4.79 Å². The molecule has 0 aromatic heterocycles. The van der Waals surface area contributed by atoms with Crippen molar-refractivity contribution in [1.82, 2.24) is 10.6 Å². The Labute approximate surface area is 118 Å². The van der Waals surface area contributed by atoms with Crippen molar-refractivity contribution in [1.29, 1.82) is 0 Å². The van der Waals surface area contributed by atoms with Crippen LogP contribution in [0.25, 0.3) is 0 Å². The number of carbonyl (C=O) groups is 2. The highest BCUT2D eigenvalue weighted by molar-refractivity contribution is 6.05. The lowest BCUT2D eigenvalue weighted by Crippen LogP contribution is -2.33. The van der Waals surface area contributed by atoms with Gasteiger partial charge in [0.1, 0.15) is 12.4 Å². The van der Waals surface area contributed by atoms with Gasteiger partial charge in [0.25, 0.3) is 5.91 Å². The summed E-state index contributed by atoms with van der Waals surface area (Å²) in [6, 6.07) is -1.23. The Balaban J connectivity index is 2.33. The number of carbonyl (C=O) groups excluding carboxylic acids is 2. The van der Waals surface area contributed by atoms with E-state index < -0.39 is 12.1 Å². The zero-order valence-electron chi connectivity index (χ0n) is 11.7. The Bertz CT molecular complexity index is 555. The molecule has 5 heteroatoms. The predicted molar refractivity (Wildman–Crippen MR) is 75.8 cm³/mol. The van der Waals surface area contributed by atoms with Crippen molar-refractivity contribution in [3.8, 4) is 0 Å². The van der Waals surface area contributed by atoms with Crippen LogP contribution in [0, 0.1) is 0 Å². The molecule has 0 saturated carbocycles. The van der Waals surface area contributed by atoms with Crippen molar-refractivity contribution in [3.63, 3.8) is 0 Å². The van der Waals surface area contributed by atoms with Crippen molar-refractivity contribution in [3.05, 3.63) is 47.3 Å². The molecule has 2 rings (SSSR count). The summed E-state index contributed by atoms with van der Waals surface area (Å²) < 4.78 is 5.60. The molecule has 106 valence electrons. The maximum atomic E-state index is 11.7. The van der Waals surface area contributed by atoms with Gasteiger partial charge in [-0.1, -0.05) is 31.2 Å². The highest BCUT2D eigenvalue weighted by Gasteiger charge is 2.35. The summed E-state index contributed by atoms with van der Waals surface area (Å²) in [5, 5.41) is 4.74. The minimum atomic E-state index is -0.742. The molecule has 2 aliphatic rings. The number of hydrogen-bond donors (Lipinski definition) is 2. The molecule has 2 aliphatic heterocycles. The molecule has 5 nitrogen and oxygen atoms in total.